The molecule has 0 amide bonds. The van der Waals surface area contributed by atoms with E-state index in [2.05, 4.69) is 13.2 Å². The number of unbranched alkanes of at least 4 members (excludes halogenated alkanes) is 2. The summed E-state index contributed by atoms with van der Waals surface area (Å²) in [6.07, 6.45) is 4.31. The predicted octanol–water partition coefficient (Wildman–Crippen LogP) is 0.576. The van der Waals surface area contributed by atoms with E-state index < -0.39 is 17.8 Å². The summed E-state index contributed by atoms with van der Waals surface area (Å²) in [5.41, 5.74) is 11.1. The topological polar surface area (TPSA) is 105 Å². The van der Waals surface area contributed by atoms with Crippen molar-refractivity contribution in [3.63, 3.8) is 0 Å². The van der Waals surface area contributed by atoms with E-state index in [0.717, 1.165) is 25.0 Å². The van der Waals surface area contributed by atoms with Crippen LogP contribution in [0.25, 0.3) is 0 Å². The van der Waals surface area contributed by atoms with Crippen molar-refractivity contribution >= 4 is 11.9 Å². The zero-order chi connectivity index (χ0) is 14.0. The lowest BCUT2D eigenvalue weighted by atomic mass is 10.1. The zero-order valence-electron chi connectivity index (χ0n) is 10.4. The number of hydrogen-bond acceptors (Lipinski definition) is 6. The molecule has 0 bridgehead atoms. The SMILES string of the molecule is C=CC(=O)OC(N)(CCCCCN)OC(=O)C=C. The van der Waals surface area contributed by atoms with Crippen LogP contribution in [0, 0.1) is 0 Å². The largest absolute Gasteiger partial charge is 0.405 e. The quantitative estimate of drug-likeness (QED) is 0.270. The Morgan fingerprint density at radius 1 is 1.06 bits per heavy atom. The molecule has 0 aliphatic carbocycles. The van der Waals surface area contributed by atoms with Crippen molar-refractivity contribution in [2.24, 2.45) is 11.5 Å². The van der Waals surface area contributed by atoms with Crippen molar-refractivity contribution in [2.45, 2.75) is 31.6 Å². The van der Waals surface area contributed by atoms with Crippen LogP contribution in [0.5, 0.6) is 0 Å². The maximum absolute atomic E-state index is 11.1. The third-order valence-electron chi connectivity index (χ3n) is 2.11. The van der Waals surface area contributed by atoms with Crippen molar-refractivity contribution in [3.05, 3.63) is 25.3 Å². The highest BCUT2D eigenvalue weighted by Crippen LogP contribution is 2.17. The average molecular weight is 256 g/mol. The molecule has 0 aromatic rings. The van der Waals surface area contributed by atoms with Crippen LogP contribution in [0.4, 0.5) is 0 Å². The van der Waals surface area contributed by atoms with Crippen LogP contribution in [-0.2, 0) is 19.1 Å². The molecule has 0 aliphatic rings. The fourth-order valence-electron chi connectivity index (χ4n) is 1.24. The monoisotopic (exact) mass is 256 g/mol. The Morgan fingerprint density at radius 3 is 1.94 bits per heavy atom. The summed E-state index contributed by atoms with van der Waals surface area (Å²) in [7, 11) is 0. The van der Waals surface area contributed by atoms with Crippen molar-refractivity contribution in [1.29, 1.82) is 0 Å². The highest BCUT2D eigenvalue weighted by atomic mass is 16.7. The van der Waals surface area contributed by atoms with E-state index in [9.17, 15) is 9.59 Å². The number of rotatable bonds is 9. The summed E-state index contributed by atoms with van der Waals surface area (Å²) < 4.78 is 9.68. The van der Waals surface area contributed by atoms with Crippen molar-refractivity contribution < 1.29 is 19.1 Å². The van der Waals surface area contributed by atoms with Gasteiger partial charge in [0.2, 0.25) is 0 Å². The number of nitrogens with two attached hydrogens (primary N) is 2. The maximum Gasteiger partial charge on any atom is 0.334 e. The Morgan fingerprint density at radius 2 is 1.56 bits per heavy atom. The van der Waals surface area contributed by atoms with Crippen LogP contribution < -0.4 is 11.5 Å². The smallest absolute Gasteiger partial charge is 0.334 e. The number of ether oxygens (including phenoxy) is 2. The van der Waals surface area contributed by atoms with Gasteiger partial charge in [0.05, 0.1) is 0 Å². The summed E-state index contributed by atoms with van der Waals surface area (Å²) >= 11 is 0. The molecule has 6 heteroatoms. The van der Waals surface area contributed by atoms with Gasteiger partial charge in [0.15, 0.2) is 0 Å². The predicted molar refractivity (Wildman–Crippen MR) is 67.0 cm³/mol. The molecule has 0 fully saturated rings. The van der Waals surface area contributed by atoms with Crippen molar-refractivity contribution in [1.82, 2.24) is 0 Å². The Kier molecular flexibility index (Phi) is 7.66. The van der Waals surface area contributed by atoms with Gasteiger partial charge in [0.1, 0.15) is 0 Å². The fraction of sp³-hybridized carbons (Fsp3) is 0.500. The molecule has 0 atom stereocenters. The Bertz CT molecular complexity index is 293. The molecule has 0 spiro atoms. The number of esters is 2. The first-order valence-electron chi connectivity index (χ1n) is 5.67. The van der Waals surface area contributed by atoms with Crippen LogP contribution in [0.2, 0.25) is 0 Å². The molecule has 0 aromatic heterocycles. The lowest BCUT2D eigenvalue weighted by Crippen LogP contribution is -2.48. The molecule has 0 radical (unpaired) electrons. The maximum atomic E-state index is 11.1. The van der Waals surface area contributed by atoms with Gasteiger partial charge in [0, 0.05) is 18.6 Å². The summed E-state index contributed by atoms with van der Waals surface area (Å²) in [5.74, 6) is -3.30. The first-order valence-corrected chi connectivity index (χ1v) is 5.67. The lowest BCUT2D eigenvalue weighted by Gasteiger charge is -2.27. The van der Waals surface area contributed by atoms with Gasteiger partial charge in [-0.2, -0.15) is 0 Å². The van der Waals surface area contributed by atoms with E-state index in [-0.39, 0.29) is 6.42 Å². The minimum atomic E-state index is -1.79. The molecule has 0 unspecified atom stereocenters. The Hall–Kier alpha value is -1.66. The molecule has 0 aliphatic heterocycles. The zero-order valence-corrected chi connectivity index (χ0v) is 10.4. The third-order valence-corrected chi connectivity index (χ3v) is 2.11. The highest BCUT2D eigenvalue weighted by Gasteiger charge is 2.32. The second kappa shape index (κ2) is 8.43. The van der Waals surface area contributed by atoms with E-state index in [1.54, 1.807) is 0 Å². The van der Waals surface area contributed by atoms with E-state index >= 15 is 0 Å². The Labute approximate surface area is 107 Å². The van der Waals surface area contributed by atoms with Crippen LogP contribution in [-0.4, -0.2) is 24.4 Å². The summed E-state index contributed by atoms with van der Waals surface area (Å²) in [6.45, 7) is 7.06. The van der Waals surface area contributed by atoms with Crippen molar-refractivity contribution in [3.8, 4) is 0 Å². The lowest BCUT2D eigenvalue weighted by molar-refractivity contribution is -0.223. The molecule has 4 N–H and O–H groups in total. The van der Waals surface area contributed by atoms with Crippen LogP contribution in [0.3, 0.4) is 0 Å². The van der Waals surface area contributed by atoms with Gasteiger partial charge < -0.3 is 15.2 Å². The minimum absolute atomic E-state index is 0.187. The van der Waals surface area contributed by atoms with Gasteiger partial charge in [-0.3, -0.25) is 5.73 Å². The summed E-state index contributed by atoms with van der Waals surface area (Å²) in [6, 6.07) is 0. The fourth-order valence-corrected chi connectivity index (χ4v) is 1.24. The van der Waals surface area contributed by atoms with E-state index in [0.29, 0.717) is 13.0 Å². The third kappa shape index (κ3) is 6.82. The van der Waals surface area contributed by atoms with Gasteiger partial charge >= 0.3 is 17.8 Å². The number of hydrogen-bond donors (Lipinski definition) is 2. The van der Waals surface area contributed by atoms with E-state index in [1.165, 1.54) is 0 Å². The molecule has 0 aromatic carbocycles. The van der Waals surface area contributed by atoms with Crippen LogP contribution in [0.15, 0.2) is 25.3 Å². The molecular formula is C12H20N2O4. The molecule has 18 heavy (non-hydrogen) atoms. The molecule has 0 saturated heterocycles. The average Bonchev–Trinajstić information content (AvgIpc) is 2.34. The minimum Gasteiger partial charge on any atom is -0.405 e. The molecular weight excluding hydrogens is 236 g/mol. The van der Waals surface area contributed by atoms with E-state index in [4.69, 9.17) is 20.9 Å². The van der Waals surface area contributed by atoms with Gasteiger partial charge in [-0.05, 0) is 19.4 Å². The second-order valence-electron chi connectivity index (χ2n) is 3.66. The normalized spacial score (nSPS) is 10.6. The molecule has 0 heterocycles. The second-order valence-corrected chi connectivity index (χ2v) is 3.66. The van der Waals surface area contributed by atoms with Crippen LogP contribution >= 0.6 is 0 Å². The molecule has 0 saturated carbocycles. The first-order chi connectivity index (χ1) is 8.47. The van der Waals surface area contributed by atoms with Crippen molar-refractivity contribution in [2.75, 3.05) is 6.54 Å². The summed E-state index contributed by atoms with van der Waals surface area (Å²) in [4.78, 5) is 22.3. The first kappa shape index (κ1) is 16.3. The number of carbonyl (C=O) groups excluding carboxylic acids is 2. The Balaban J connectivity index is 4.47. The van der Waals surface area contributed by atoms with E-state index in [1.807, 2.05) is 0 Å². The van der Waals surface area contributed by atoms with Gasteiger partial charge in [0.25, 0.3) is 0 Å². The van der Waals surface area contributed by atoms with Gasteiger partial charge in [-0.1, -0.05) is 19.6 Å². The van der Waals surface area contributed by atoms with Gasteiger partial charge in [-0.15, -0.1) is 0 Å². The summed E-state index contributed by atoms with van der Waals surface area (Å²) in [5, 5.41) is 0. The molecule has 6 nitrogen and oxygen atoms in total. The highest BCUT2D eigenvalue weighted by molar-refractivity contribution is 5.83. The van der Waals surface area contributed by atoms with Crippen LogP contribution in [0.1, 0.15) is 25.7 Å². The number of carbonyl (C=O) groups is 2. The molecule has 102 valence electrons. The van der Waals surface area contributed by atoms with Gasteiger partial charge in [-0.25, -0.2) is 9.59 Å². The standard InChI is InChI=1S/C12H20N2O4/c1-3-10(15)17-12(14,18-11(16)4-2)8-6-5-7-9-13/h3-4H,1-2,5-9,13-14H2. The molecule has 0 rings (SSSR count).